The van der Waals surface area contributed by atoms with Gasteiger partial charge in [0.05, 0.1) is 18.3 Å². The predicted molar refractivity (Wildman–Crippen MR) is 135 cm³/mol. The molecule has 1 aliphatic rings. The zero-order valence-electron chi connectivity index (χ0n) is 21.8. The Morgan fingerprint density at radius 2 is 1.92 bits per heavy atom. The Hall–Kier alpha value is -3.63. The van der Waals surface area contributed by atoms with Gasteiger partial charge < -0.3 is 14.8 Å². The molecule has 1 aromatic carbocycles. The van der Waals surface area contributed by atoms with Crippen molar-refractivity contribution in [3.63, 3.8) is 0 Å². The van der Waals surface area contributed by atoms with E-state index >= 15 is 0 Å². The van der Waals surface area contributed by atoms with E-state index in [0.717, 1.165) is 25.0 Å². The number of halogens is 4. The Kier molecular flexibility index (Phi) is 8.76. The van der Waals surface area contributed by atoms with Gasteiger partial charge in [-0.1, -0.05) is 25.3 Å². The molecular weight excluding hydrogens is 518 g/mol. The molecule has 11 heteroatoms. The molecule has 7 nitrogen and oxygen atoms in total. The number of esters is 1. The summed E-state index contributed by atoms with van der Waals surface area (Å²) in [6.07, 6.45) is 2.96. The van der Waals surface area contributed by atoms with Gasteiger partial charge in [-0.15, -0.1) is 0 Å². The summed E-state index contributed by atoms with van der Waals surface area (Å²) in [5.74, 6) is -2.67. The topological polar surface area (TPSA) is 81.9 Å². The van der Waals surface area contributed by atoms with Crippen molar-refractivity contribution in [2.75, 3.05) is 6.61 Å². The molecule has 210 valence electrons. The normalized spacial score (nSPS) is 15.2. The van der Waals surface area contributed by atoms with Crippen LogP contribution in [0.15, 0.2) is 36.5 Å². The van der Waals surface area contributed by atoms with E-state index in [-0.39, 0.29) is 17.7 Å². The quantitative estimate of drug-likeness (QED) is 0.238. The second kappa shape index (κ2) is 12.0. The lowest BCUT2D eigenvalue weighted by Crippen LogP contribution is -2.31. The molecule has 0 aliphatic heterocycles. The molecule has 1 fully saturated rings. The summed E-state index contributed by atoms with van der Waals surface area (Å²) in [6, 6.07) is 5.13. The van der Waals surface area contributed by atoms with Gasteiger partial charge in [-0.2, -0.15) is 8.78 Å². The number of hydrogen-bond acceptors (Lipinski definition) is 5. The molecule has 1 N–H and O–H groups in total. The van der Waals surface area contributed by atoms with Crippen LogP contribution in [0.1, 0.15) is 79.7 Å². The molecule has 0 bridgehead atoms. The molecule has 4 rings (SSSR count). The summed E-state index contributed by atoms with van der Waals surface area (Å²) in [7, 11) is 0. The SMILES string of the molecule is Cc1nc2c(OCC3CCCCC3)cccn2c1C(=O)NC(CCC(=O)OC(C)(F)F)c1ccc(F)cc1F. The van der Waals surface area contributed by atoms with E-state index in [0.29, 0.717) is 42.6 Å². The Labute approximate surface area is 223 Å². The fourth-order valence-electron chi connectivity index (χ4n) is 4.93. The summed E-state index contributed by atoms with van der Waals surface area (Å²) in [5.41, 5.74) is 0.867. The highest BCUT2D eigenvalue weighted by Gasteiger charge is 2.29. The first-order chi connectivity index (χ1) is 18.5. The minimum absolute atomic E-state index is 0.108. The monoisotopic (exact) mass is 549 g/mol. The Balaban J connectivity index is 1.56. The van der Waals surface area contributed by atoms with Crippen LogP contribution in [-0.4, -0.2) is 34.0 Å². The third-order valence-corrected chi connectivity index (χ3v) is 6.78. The number of carbonyl (C=O) groups excluding carboxylic acids is 2. The van der Waals surface area contributed by atoms with Gasteiger partial charge in [0.15, 0.2) is 11.4 Å². The lowest BCUT2D eigenvalue weighted by molar-refractivity contribution is -0.222. The van der Waals surface area contributed by atoms with Gasteiger partial charge in [0.1, 0.15) is 17.3 Å². The van der Waals surface area contributed by atoms with Crippen molar-refractivity contribution in [3.05, 3.63) is 65.1 Å². The van der Waals surface area contributed by atoms with Crippen molar-refractivity contribution in [2.45, 2.75) is 70.9 Å². The van der Waals surface area contributed by atoms with Gasteiger partial charge in [-0.25, -0.2) is 13.8 Å². The zero-order chi connectivity index (χ0) is 28.2. The number of carbonyl (C=O) groups is 2. The second-order valence-corrected chi connectivity index (χ2v) is 9.94. The van der Waals surface area contributed by atoms with Crippen LogP contribution < -0.4 is 10.1 Å². The van der Waals surface area contributed by atoms with Crippen LogP contribution in [0.5, 0.6) is 5.75 Å². The first-order valence-corrected chi connectivity index (χ1v) is 13.0. The van der Waals surface area contributed by atoms with Crippen LogP contribution in [0.2, 0.25) is 0 Å². The van der Waals surface area contributed by atoms with Gasteiger partial charge in [0.2, 0.25) is 0 Å². The maximum Gasteiger partial charge on any atom is 0.396 e. The molecule has 2 heterocycles. The van der Waals surface area contributed by atoms with E-state index in [9.17, 15) is 27.2 Å². The molecule has 1 saturated carbocycles. The Morgan fingerprint density at radius 1 is 1.18 bits per heavy atom. The highest BCUT2D eigenvalue weighted by molar-refractivity contribution is 5.95. The first kappa shape index (κ1) is 28.4. The molecule has 0 spiro atoms. The fourth-order valence-corrected chi connectivity index (χ4v) is 4.93. The highest BCUT2D eigenvalue weighted by atomic mass is 19.3. The van der Waals surface area contributed by atoms with Crippen LogP contribution in [-0.2, 0) is 9.53 Å². The van der Waals surface area contributed by atoms with E-state index in [4.69, 9.17) is 4.74 Å². The summed E-state index contributed by atoms with van der Waals surface area (Å²) in [6.45, 7) is 2.61. The Bertz CT molecular complexity index is 1330. The van der Waals surface area contributed by atoms with Gasteiger partial charge in [-0.05, 0) is 50.3 Å². The molecule has 0 saturated heterocycles. The van der Waals surface area contributed by atoms with Crippen molar-refractivity contribution in [2.24, 2.45) is 5.92 Å². The van der Waals surface area contributed by atoms with E-state index < -0.39 is 42.1 Å². The third kappa shape index (κ3) is 7.27. The van der Waals surface area contributed by atoms with Crippen molar-refractivity contribution in [1.29, 1.82) is 0 Å². The number of benzene rings is 1. The largest absolute Gasteiger partial charge is 0.489 e. The average Bonchev–Trinajstić information content (AvgIpc) is 3.21. The molecule has 1 atom stereocenters. The van der Waals surface area contributed by atoms with Crippen molar-refractivity contribution < 1.29 is 36.6 Å². The predicted octanol–water partition coefficient (Wildman–Crippen LogP) is 6.29. The number of alkyl halides is 2. The van der Waals surface area contributed by atoms with Crippen LogP contribution >= 0.6 is 0 Å². The lowest BCUT2D eigenvalue weighted by atomic mass is 9.90. The number of fused-ring (bicyclic) bond motifs is 1. The number of pyridine rings is 1. The minimum Gasteiger partial charge on any atom is -0.489 e. The number of ether oxygens (including phenoxy) is 2. The third-order valence-electron chi connectivity index (χ3n) is 6.78. The van der Waals surface area contributed by atoms with E-state index in [1.165, 1.54) is 19.3 Å². The number of nitrogens with one attached hydrogen (secondary N) is 1. The summed E-state index contributed by atoms with van der Waals surface area (Å²) in [4.78, 5) is 29.9. The Morgan fingerprint density at radius 3 is 2.62 bits per heavy atom. The molecule has 3 aromatic rings. The van der Waals surface area contributed by atoms with Crippen LogP contribution in [0, 0.1) is 24.5 Å². The molecule has 1 unspecified atom stereocenters. The number of imidazole rings is 1. The number of aromatic nitrogens is 2. The van der Waals surface area contributed by atoms with E-state index in [1.54, 1.807) is 29.7 Å². The van der Waals surface area contributed by atoms with Crippen LogP contribution in [0.3, 0.4) is 0 Å². The van der Waals surface area contributed by atoms with Crippen molar-refractivity contribution >= 4 is 17.5 Å². The molecular formula is C28H31F4N3O4. The summed E-state index contributed by atoms with van der Waals surface area (Å²) < 4.78 is 66.0. The van der Waals surface area contributed by atoms with E-state index in [2.05, 4.69) is 15.0 Å². The van der Waals surface area contributed by atoms with Gasteiger partial charge >= 0.3 is 12.1 Å². The molecule has 2 aromatic heterocycles. The van der Waals surface area contributed by atoms with E-state index in [1.807, 2.05) is 0 Å². The number of rotatable bonds is 10. The number of amides is 1. The lowest BCUT2D eigenvalue weighted by Gasteiger charge is -2.21. The maximum absolute atomic E-state index is 14.7. The van der Waals surface area contributed by atoms with Crippen LogP contribution in [0.4, 0.5) is 17.6 Å². The summed E-state index contributed by atoms with van der Waals surface area (Å²) >= 11 is 0. The minimum atomic E-state index is -3.68. The molecule has 0 radical (unpaired) electrons. The van der Waals surface area contributed by atoms with Gasteiger partial charge in [-0.3, -0.25) is 14.0 Å². The number of nitrogens with zero attached hydrogens (tertiary/aromatic N) is 2. The zero-order valence-corrected chi connectivity index (χ0v) is 21.8. The number of hydrogen-bond donors (Lipinski definition) is 1. The fraction of sp³-hybridized carbons (Fsp3) is 0.464. The average molecular weight is 550 g/mol. The summed E-state index contributed by atoms with van der Waals surface area (Å²) in [5, 5.41) is 2.65. The maximum atomic E-state index is 14.7. The van der Waals surface area contributed by atoms with Crippen molar-refractivity contribution in [1.82, 2.24) is 14.7 Å². The first-order valence-electron chi connectivity index (χ1n) is 13.0. The van der Waals surface area contributed by atoms with Gasteiger partial charge in [0, 0.05) is 31.2 Å². The molecule has 39 heavy (non-hydrogen) atoms. The molecule has 1 aliphatic carbocycles. The molecule has 1 amide bonds. The highest BCUT2D eigenvalue weighted by Crippen LogP contribution is 2.28. The standard InChI is InChI=1S/C28H31F4N3O4/c1-17-25(35-14-6-9-23(26(35)33-17)38-16-18-7-4-3-5-8-18)27(37)34-22(12-13-24(36)39-28(2,31)32)20-11-10-19(29)15-21(20)30/h6,9-11,14-15,18,22H,3-5,7-8,12-13,16H2,1-2H3,(H,34,37). The second-order valence-electron chi connectivity index (χ2n) is 9.94. The van der Waals surface area contributed by atoms with Gasteiger partial charge in [0.25, 0.3) is 5.91 Å². The van der Waals surface area contributed by atoms with Crippen molar-refractivity contribution in [3.8, 4) is 5.75 Å². The van der Waals surface area contributed by atoms with Crippen LogP contribution in [0.25, 0.3) is 5.65 Å². The number of aryl methyl sites for hydroxylation is 1. The smallest absolute Gasteiger partial charge is 0.396 e.